The predicted octanol–water partition coefficient (Wildman–Crippen LogP) is 2.72. The minimum atomic E-state index is 0.165. The smallest absolute Gasteiger partial charge is 0.222 e. The van der Waals surface area contributed by atoms with Crippen molar-refractivity contribution in [3.05, 3.63) is 29.8 Å². The molecule has 1 fully saturated rings. The number of carbonyl (C=O) groups is 1. The van der Waals surface area contributed by atoms with Crippen LogP contribution in [0.15, 0.2) is 24.3 Å². The van der Waals surface area contributed by atoms with Crippen molar-refractivity contribution in [1.29, 1.82) is 0 Å². The number of nitrogens with one attached hydrogen (secondary N) is 2. The van der Waals surface area contributed by atoms with E-state index in [0.717, 1.165) is 32.2 Å². The Labute approximate surface area is 109 Å². The van der Waals surface area contributed by atoms with Gasteiger partial charge in [-0.1, -0.05) is 31.5 Å². The van der Waals surface area contributed by atoms with Gasteiger partial charge in [-0.3, -0.25) is 4.79 Å². The molecule has 1 aliphatic rings. The lowest BCUT2D eigenvalue weighted by Gasteiger charge is -2.19. The molecule has 1 saturated heterocycles. The first-order valence-corrected chi connectivity index (χ1v) is 6.90. The van der Waals surface area contributed by atoms with Crippen LogP contribution in [0.5, 0.6) is 0 Å². The molecular weight excluding hydrogens is 224 g/mol. The van der Waals surface area contributed by atoms with Gasteiger partial charge >= 0.3 is 0 Å². The summed E-state index contributed by atoms with van der Waals surface area (Å²) in [5.41, 5.74) is 2.55. The summed E-state index contributed by atoms with van der Waals surface area (Å²) in [6.07, 6.45) is 4.92. The lowest BCUT2D eigenvalue weighted by molar-refractivity contribution is -0.120. The molecule has 1 aromatic carbocycles. The van der Waals surface area contributed by atoms with Crippen molar-refractivity contribution in [2.24, 2.45) is 0 Å². The number of hydrogen-bond donors (Lipinski definition) is 2. The van der Waals surface area contributed by atoms with Gasteiger partial charge in [-0.2, -0.15) is 0 Å². The maximum absolute atomic E-state index is 11.5. The second-order valence-electron chi connectivity index (χ2n) is 4.94. The summed E-state index contributed by atoms with van der Waals surface area (Å²) in [7, 11) is 0. The van der Waals surface area contributed by atoms with E-state index >= 15 is 0 Å². The second-order valence-corrected chi connectivity index (χ2v) is 4.94. The average Bonchev–Trinajstić information content (AvgIpc) is 2.56. The van der Waals surface area contributed by atoms with E-state index in [-0.39, 0.29) is 11.9 Å². The standard InChI is InChI=1S/C15H22N2O/c1-2-6-12-7-3-4-9-14(12)17-13-8-5-10-16-15(18)11-13/h3-4,7,9,13,17H,2,5-6,8,10-11H2,1H3,(H,16,18). The van der Waals surface area contributed by atoms with Crippen LogP contribution in [-0.4, -0.2) is 18.5 Å². The van der Waals surface area contributed by atoms with Crippen LogP contribution >= 0.6 is 0 Å². The molecule has 0 spiro atoms. The zero-order valence-electron chi connectivity index (χ0n) is 11.0. The summed E-state index contributed by atoms with van der Waals surface area (Å²) in [4.78, 5) is 11.5. The summed E-state index contributed by atoms with van der Waals surface area (Å²) in [6.45, 7) is 3.00. The van der Waals surface area contributed by atoms with Gasteiger partial charge in [0.2, 0.25) is 5.91 Å². The van der Waals surface area contributed by atoms with Crippen molar-refractivity contribution in [1.82, 2.24) is 5.32 Å². The molecular formula is C15H22N2O. The average molecular weight is 246 g/mol. The number of anilines is 1. The van der Waals surface area contributed by atoms with Gasteiger partial charge in [0, 0.05) is 24.7 Å². The van der Waals surface area contributed by atoms with Crippen molar-refractivity contribution >= 4 is 11.6 Å². The molecule has 1 unspecified atom stereocenters. The summed E-state index contributed by atoms with van der Waals surface area (Å²) in [6, 6.07) is 8.69. The van der Waals surface area contributed by atoms with E-state index in [4.69, 9.17) is 0 Å². The minimum absolute atomic E-state index is 0.165. The fourth-order valence-corrected chi connectivity index (χ4v) is 2.47. The van der Waals surface area contributed by atoms with Crippen molar-refractivity contribution < 1.29 is 4.79 Å². The maximum Gasteiger partial charge on any atom is 0.222 e. The van der Waals surface area contributed by atoms with Gasteiger partial charge < -0.3 is 10.6 Å². The summed E-state index contributed by atoms with van der Waals surface area (Å²) < 4.78 is 0. The molecule has 0 bridgehead atoms. The first-order chi connectivity index (χ1) is 8.79. The Morgan fingerprint density at radius 3 is 3.06 bits per heavy atom. The number of benzene rings is 1. The molecule has 2 N–H and O–H groups in total. The van der Waals surface area contributed by atoms with Gasteiger partial charge in [0.25, 0.3) is 0 Å². The molecule has 1 atom stereocenters. The molecule has 0 aliphatic carbocycles. The molecule has 1 amide bonds. The van der Waals surface area contributed by atoms with Gasteiger partial charge in [0.1, 0.15) is 0 Å². The summed E-state index contributed by atoms with van der Waals surface area (Å²) in [5, 5.41) is 6.46. The molecule has 98 valence electrons. The number of amides is 1. The van der Waals surface area contributed by atoms with E-state index in [1.54, 1.807) is 0 Å². The molecule has 0 radical (unpaired) electrons. The zero-order valence-corrected chi connectivity index (χ0v) is 11.0. The normalized spacial score (nSPS) is 20.1. The molecule has 1 aromatic rings. The van der Waals surface area contributed by atoms with Crippen molar-refractivity contribution in [2.75, 3.05) is 11.9 Å². The van der Waals surface area contributed by atoms with Gasteiger partial charge in [0.05, 0.1) is 0 Å². The van der Waals surface area contributed by atoms with E-state index in [9.17, 15) is 4.79 Å². The zero-order chi connectivity index (χ0) is 12.8. The van der Waals surface area contributed by atoms with Crippen LogP contribution in [0.3, 0.4) is 0 Å². The van der Waals surface area contributed by atoms with Gasteiger partial charge in [-0.25, -0.2) is 0 Å². The van der Waals surface area contributed by atoms with Crippen LogP contribution in [0.25, 0.3) is 0 Å². The Hall–Kier alpha value is -1.51. The Morgan fingerprint density at radius 1 is 1.39 bits per heavy atom. The predicted molar refractivity (Wildman–Crippen MR) is 74.7 cm³/mol. The fourth-order valence-electron chi connectivity index (χ4n) is 2.47. The van der Waals surface area contributed by atoms with E-state index in [0.29, 0.717) is 6.42 Å². The number of rotatable bonds is 4. The van der Waals surface area contributed by atoms with E-state index in [2.05, 4.69) is 41.8 Å². The fraction of sp³-hybridized carbons (Fsp3) is 0.533. The molecule has 0 aromatic heterocycles. The van der Waals surface area contributed by atoms with Crippen LogP contribution in [0, 0.1) is 0 Å². The molecule has 2 rings (SSSR count). The minimum Gasteiger partial charge on any atom is -0.382 e. The highest BCUT2D eigenvalue weighted by atomic mass is 16.1. The largest absolute Gasteiger partial charge is 0.382 e. The second kappa shape index (κ2) is 6.43. The first kappa shape index (κ1) is 12.9. The van der Waals surface area contributed by atoms with Gasteiger partial charge in [0.15, 0.2) is 0 Å². The van der Waals surface area contributed by atoms with Crippen molar-refractivity contribution in [3.63, 3.8) is 0 Å². The van der Waals surface area contributed by atoms with Gasteiger partial charge in [-0.05, 0) is 30.9 Å². The van der Waals surface area contributed by atoms with Crippen LogP contribution in [0.2, 0.25) is 0 Å². The van der Waals surface area contributed by atoms with E-state index in [1.165, 1.54) is 11.3 Å². The van der Waals surface area contributed by atoms with Crippen LogP contribution < -0.4 is 10.6 Å². The lowest BCUT2D eigenvalue weighted by atomic mass is 10.0. The summed E-state index contributed by atoms with van der Waals surface area (Å²) in [5.74, 6) is 0.165. The maximum atomic E-state index is 11.5. The number of para-hydroxylation sites is 1. The highest BCUT2D eigenvalue weighted by Crippen LogP contribution is 2.20. The third kappa shape index (κ3) is 3.49. The third-order valence-electron chi connectivity index (χ3n) is 3.38. The summed E-state index contributed by atoms with van der Waals surface area (Å²) >= 11 is 0. The van der Waals surface area contributed by atoms with Crippen LogP contribution in [-0.2, 0) is 11.2 Å². The Kier molecular flexibility index (Phi) is 4.62. The number of carbonyl (C=O) groups excluding carboxylic acids is 1. The van der Waals surface area contributed by atoms with Crippen LogP contribution in [0.4, 0.5) is 5.69 Å². The highest BCUT2D eigenvalue weighted by Gasteiger charge is 2.17. The molecule has 1 heterocycles. The van der Waals surface area contributed by atoms with Crippen molar-refractivity contribution in [2.45, 2.75) is 45.1 Å². The molecule has 18 heavy (non-hydrogen) atoms. The van der Waals surface area contributed by atoms with Gasteiger partial charge in [-0.15, -0.1) is 0 Å². The van der Waals surface area contributed by atoms with Crippen LogP contribution in [0.1, 0.15) is 38.2 Å². The number of hydrogen-bond acceptors (Lipinski definition) is 2. The monoisotopic (exact) mass is 246 g/mol. The Morgan fingerprint density at radius 2 is 2.22 bits per heavy atom. The first-order valence-electron chi connectivity index (χ1n) is 6.90. The SMILES string of the molecule is CCCc1ccccc1NC1CCCNC(=O)C1. The Bertz CT molecular complexity index is 403. The lowest BCUT2D eigenvalue weighted by Crippen LogP contribution is -2.27. The van der Waals surface area contributed by atoms with Crippen molar-refractivity contribution in [3.8, 4) is 0 Å². The van der Waals surface area contributed by atoms with E-state index < -0.39 is 0 Å². The number of aryl methyl sites for hydroxylation is 1. The quantitative estimate of drug-likeness (QED) is 0.857. The molecule has 3 nitrogen and oxygen atoms in total. The molecule has 0 saturated carbocycles. The molecule has 3 heteroatoms. The third-order valence-corrected chi connectivity index (χ3v) is 3.38. The highest BCUT2D eigenvalue weighted by molar-refractivity contribution is 5.77. The van der Waals surface area contributed by atoms with E-state index in [1.807, 2.05) is 0 Å². The topological polar surface area (TPSA) is 41.1 Å². The molecule has 1 aliphatic heterocycles. The Balaban J connectivity index is 2.05.